The molecule has 0 aromatic carbocycles. The van der Waals surface area contributed by atoms with Crippen molar-refractivity contribution in [1.82, 2.24) is 14.8 Å². The first kappa shape index (κ1) is 11.3. The smallest absolute Gasteiger partial charge is 0.221 e. The standard InChI is InChI=1S/C11H15N5O/c1-7(2)16-6-8(5-14-16)17-10-4-3-9(12)11(13)15-10/h3-7H,12H2,1-2H3,(H2,13,15). The molecule has 6 nitrogen and oxygen atoms in total. The number of nitrogens with zero attached hydrogens (tertiary/aromatic N) is 3. The van der Waals surface area contributed by atoms with Gasteiger partial charge in [0.2, 0.25) is 5.88 Å². The fourth-order valence-electron chi connectivity index (χ4n) is 1.30. The maximum atomic E-state index is 5.59. The van der Waals surface area contributed by atoms with Gasteiger partial charge < -0.3 is 16.2 Å². The third-order valence-electron chi connectivity index (χ3n) is 2.26. The van der Waals surface area contributed by atoms with Crippen molar-refractivity contribution in [3.63, 3.8) is 0 Å². The molecule has 0 aliphatic heterocycles. The minimum absolute atomic E-state index is 0.263. The molecule has 0 saturated heterocycles. The van der Waals surface area contributed by atoms with Gasteiger partial charge in [0.15, 0.2) is 11.6 Å². The molecule has 0 spiro atoms. The highest BCUT2D eigenvalue weighted by Gasteiger charge is 2.05. The number of aromatic nitrogens is 3. The van der Waals surface area contributed by atoms with E-state index in [9.17, 15) is 0 Å². The van der Waals surface area contributed by atoms with Crippen LogP contribution in [0.1, 0.15) is 19.9 Å². The number of hydrogen-bond donors (Lipinski definition) is 2. The topological polar surface area (TPSA) is 92.0 Å². The molecule has 2 aromatic rings. The van der Waals surface area contributed by atoms with Gasteiger partial charge >= 0.3 is 0 Å². The van der Waals surface area contributed by atoms with Crippen molar-refractivity contribution in [1.29, 1.82) is 0 Å². The molecule has 0 unspecified atom stereocenters. The fraction of sp³-hybridized carbons (Fsp3) is 0.273. The normalized spacial score (nSPS) is 10.8. The van der Waals surface area contributed by atoms with Gasteiger partial charge in [-0.25, -0.2) is 0 Å². The van der Waals surface area contributed by atoms with Crippen molar-refractivity contribution in [3.05, 3.63) is 24.5 Å². The second-order valence-corrected chi connectivity index (χ2v) is 3.98. The Morgan fingerprint density at radius 1 is 1.29 bits per heavy atom. The zero-order valence-corrected chi connectivity index (χ0v) is 9.79. The lowest BCUT2D eigenvalue weighted by Gasteiger charge is -2.05. The lowest BCUT2D eigenvalue weighted by atomic mass is 10.4. The molecular weight excluding hydrogens is 218 g/mol. The summed E-state index contributed by atoms with van der Waals surface area (Å²) in [6.45, 7) is 4.08. The fourth-order valence-corrected chi connectivity index (χ4v) is 1.30. The van der Waals surface area contributed by atoms with Crippen LogP contribution in [0, 0.1) is 0 Å². The van der Waals surface area contributed by atoms with Gasteiger partial charge in [0.1, 0.15) is 0 Å². The Hall–Kier alpha value is -2.24. The summed E-state index contributed by atoms with van der Waals surface area (Å²) < 4.78 is 7.32. The van der Waals surface area contributed by atoms with E-state index in [-0.39, 0.29) is 11.9 Å². The highest BCUT2D eigenvalue weighted by atomic mass is 16.5. The van der Waals surface area contributed by atoms with Crippen LogP contribution in [0.4, 0.5) is 11.5 Å². The van der Waals surface area contributed by atoms with Crippen LogP contribution in [0.5, 0.6) is 11.6 Å². The molecule has 90 valence electrons. The van der Waals surface area contributed by atoms with Crippen molar-refractivity contribution >= 4 is 11.5 Å². The molecule has 17 heavy (non-hydrogen) atoms. The lowest BCUT2D eigenvalue weighted by molar-refractivity contribution is 0.460. The van der Waals surface area contributed by atoms with E-state index in [1.807, 2.05) is 13.8 Å². The van der Waals surface area contributed by atoms with Crippen LogP contribution in [-0.4, -0.2) is 14.8 Å². The maximum absolute atomic E-state index is 5.59. The monoisotopic (exact) mass is 233 g/mol. The third-order valence-corrected chi connectivity index (χ3v) is 2.26. The van der Waals surface area contributed by atoms with Crippen molar-refractivity contribution < 1.29 is 4.74 Å². The van der Waals surface area contributed by atoms with Crippen molar-refractivity contribution in [2.75, 3.05) is 11.5 Å². The largest absolute Gasteiger partial charge is 0.436 e. The van der Waals surface area contributed by atoms with Gasteiger partial charge in [0, 0.05) is 12.1 Å². The Morgan fingerprint density at radius 3 is 2.65 bits per heavy atom. The lowest BCUT2D eigenvalue weighted by Crippen LogP contribution is -2.00. The summed E-state index contributed by atoms with van der Waals surface area (Å²) in [7, 11) is 0. The zero-order valence-electron chi connectivity index (χ0n) is 9.79. The third kappa shape index (κ3) is 2.47. The molecule has 4 N–H and O–H groups in total. The number of anilines is 2. The molecule has 0 saturated carbocycles. The Labute approximate surface area is 99.2 Å². The molecule has 2 aromatic heterocycles. The Balaban J connectivity index is 2.16. The molecule has 2 heterocycles. The highest BCUT2D eigenvalue weighted by Crippen LogP contribution is 2.22. The second-order valence-electron chi connectivity index (χ2n) is 3.98. The molecule has 0 aliphatic carbocycles. The number of ether oxygens (including phenoxy) is 1. The van der Waals surface area contributed by atoms with Gasteiger partial charge in [-0.1, -0.05) is 0 Å². The first-order valence-electron chi connectivity index (χ1n) is 5.30. The van der Waals surface area contributed by atoms with Gasteiger partial charge in [-0.15, -0.1) is 0 Å². The molecule has 0 radical (unpaired) electrons. The van der Waals surface area contributed by atoms with Crippen molar-refractivity contribution in [3.8, 4) is 11.6 Å². The summed E-state index contributed by atoms with van der Waals surface area (Å²) in [5.41, 5.74) is 11.6. The first-order chi connectivity index (χ1) is 8.06. The molecule has 2 rings (SSSR count). The first-order valence-corrected chi connectivity index (χ1v) is 5.30. The van der Waals surface area contributed by atoms with Crippen LogP contribution in [0.3, 0.4) is 0 Å². The predicted molar refractivity (Wildman–Crippen MR) is 65.7 cm³/mol. The zero-order chi connectivity index (χ0) is 12.4. The maximum Gasteiger partial charge on any atom is 0.221 e. The van der Waals surface area contributed by atoms with Gasteiger partial charge in [-0.05, 0) is 19.9 Å². The second kappa shape index (κ2) is 4.32. The van der Waals surface area contributed by atoms with Crippen LogP contribution >= 0.6 is 0 Å². The summed E-state index contributed by atoms with van der Waals surface area (Å²) in [6, 6.07) is 3.61. The van der Waals surface area contributed by atoms with Gasteiger partial charge in [0.05, 0.1) is 18.1 Å². The molecule has 0 amide bonds. The highest BCUT2D eigenvalue weighted by molar-refractivity contribution is 5.58. The number of hydrogen-bond acceptors (Lipinski definition) is 5. The van der Waals surface area contributed by atoms with E-state index in [4.69, 9.17) is 16.2 Å². The number of pyridine rings is 1. The number of nitrogen functional groups attached to an aromatic ring is 2. The van der Waals surface area contributed by atoms with Gasteiger partial charge in [-0.3, -0.25) is 4.68 Å². The van der Waals surface area contributed by atoms with E-state index in [0.29, 0.717) is 17.3 Å². The molecule has 0 bridgehead atoms. The van der Waals surface area contributed by atoms with Crippen molar-refractivity contribution in [2.24, 2.45) is 0 Å². The summed E-state index contributed by atoms with van der Waals surface area (Å²) in [6.07, 6.45) is 3.44. The average Bonchev–Trinajstić information content (AvgIpc) is 2.72. The summed E-state index contributed by atoms with van der Waals surface area (Å²) >= 11 is 0. The summed E-state index contributed by atoms with van der Waals surface area (Å²) in [5, 5.41) is 4.16. The minimum Gasteiger partial charge on any atom is -0.436 e. The Bertz CT molecular complexity index is 520. The van der Waals surface area contributed by atoms with Gasteiger partial charge in [0.25, 0.3) is 0 Å². The van der Waals surface area contributed by atoms with Crippen LogP contribution < -0.4 is 16.2 Å². The Morgan fingerprint density at radius 2 is 2.06 bits per heavy atom. The van der Waals surface area contributed by atoms with Crippen LogP contribution in [0.2, 0.25) is 0 Å². The van der Waals surface area contributed by atoms with Gasteiger partial charge in [-0.2, -0.15) is 10.1 Å². The van der Waals surface area contributed by atoms with E-state index in [0.717, 1.165) is 0 Å². The molecule has 0 atom stereocenters. The quantitative estimate of drug-likeness (QED) is 0.843. The Kier molecular flexibility index (Phi) is 2.86. The van der Waals surface area contributed by atoms with E-state index < -0.39 is 0 Å². The SMILES string of the molecule is CC(C)n1cc(Oc2ccc(N)c(N)n2)cn1. The van der Waals surface area contributed by atoms with Crippen LogP contribution in [0.25, 0.3) is 0 Å². The van der Waals surface area contributed by atoms with Crippen LogP contribution in [0.15, 0.2) is 24.5 Å². The van der Waals surface area contributed by atoms with Crippen molar-refractivity contribution in [2.45, 2.75) is 19.9 Å². The minimum atomic E-state index is 0.263. The van der Waals surface area contributed by atoms with E-state index >= 15 is 0 Å². The number of nitrogens with two attached hydrogens (primary N) is 2. The van der Waals surface area contributed by atoms with E-state index in [2.05, 4.69) is 10.1 Å². The molecular formula is C11H15N5O. The predicted octanol–water partition coefficient (Wildman–Crippen LogP) is 1.82. The molecule has 0 fully saturated rings. The van der Waals surface area contributed by atoms with E-state index in [1.165, 1.54) is 0 Å². The summed E-state index contributed by atoms with van der Waals surface area (Å²) in [4.78, 5) is 4.02. The van der Waals surface area contributed by atoms with Crippen LogP contribution in [-0.2, 0) is 0 Å². The average molecular weight is 233 g/mol. The summed E-state index contributed by atoms with van der Waals surface area (Å²) in [5.74, 6) is 1.29. The number of rotatable bonds is 3. The molecule has 6 heteroatoms. The molecule has 0 aliphatic rings. The van der Waals surface area contributed by atoms with E-state index in [1.54, 1.807) is 29.2 Å².